The first-order valence-electron chi connectivity index (χ1n) is 13.5. The lowest BCUT2D eigenvalue weighted by molar-refractivity contribution is 0.0955. The molecule has 2 heterocycles. The average Bonchev–Trinajstić information content (AvgIpc) is 3.32. The van der Waals surface area contributed by atoms with E-state index in [4.69, 9.17) is 0 Å². The van der Waals surface area contributed by atoms with Gasteiger partial charge in [0.05, 0.1) is 11.8 Å². The predicted molar refractivity (Wildman–Crippen MR) is 152 cm³/mol. The standard InChI is InChI=1S/C30H33FN4O3S/c31-24-10-8-20(9-11-24)17-32-34-29(38)27-25-6-1-2-7-26(25)39-30(27)33-28(37)23-5-3-4-22(16-23)18-35-14-12-21(19-36)13-15-35/h3-5,8-11,16-17,21,36H,1-2,6-7,12-15,18-19H2,(H,33,37)(H,34,38)/b32-17+. The van der Waals surface area contributed by atoms with Crippen LogP contribution in [0.4, 0.5) is 9.39 Å². The van der Waals surface area contributed by atoms with Gasteiger partial charge in [-0.2, -0.15) is 5.10 Å². The number of thiophene rings is 1. The Morgan fingerprint density at radius 3 is 2.62 bits per heavy atom. The molecular formula is C30H33FN4O3S. The van der Waals surface area contributed by atoms with Crippen molar-refractivity contribution < 1.29 is 19.1 Å². The molecule has 5 rings (SSSR count). The lowest BCUT2D eigenvalue weighted by atomic mass is 9.95. The molecule has 3 N–H and O–H groups in total. The molecule has 7 nitrogen and oxygen atoms in total. The Kier molecular flexibility index (Phi) is 8.81. The molecule has 9 heteroatoms. The minimum Gasteiger partial charge on any atom is -0.396 e. The average molecular weight is 549 g/mol. The molecule has 39 heavy (non-hydrogen) atoms. The molecule has 0 unspecified atom stereocenters. The predicted octanol–water partition coefficient (Wildman–Crippen LogP) is 4.99. The van der Waals surface area contributed by atoms with Gasteiger partial charge < -0.3 is 10.4 Å². The van der Waals surface area contributed by atoms with E-state index in [1.165, 1.54) is 29.7 Å². The number of hydrogen-bond donors (Lipinski definition) is 3. The van der Waals surface area contributed by atoms with Gasteiger partial charge in [0.25, 0.3) is 11.8 Å². The molecule has 1 aromatic heterocycles. The highest BCUT2D eigenvalue weighted by atomic mass is 32.1. The second-order valence-corrected chi connectivity index (χ2v) is 11.3. The lowest BCUT2D eigenvalue weighted by Crippen LogP contribution is -2.34. The number of hydrazone groups is 1. The van der Waals surface area contributed by atoms with E-state index in [0.717, 1.165) is 74.2 Å². The van der Waals surface area contributed by atoms with Crippen molar-refractivity contribution in [1.82, 2.24) is 10.3 Å². The zero-order valence-corrected chi connectivity index (χ0v) is 22.6. The molecule has 1 saturated heterocycles. The van der Waals surface area contributed by atoms with E-state index < -0.39 is 0 Å². The molecule has 2 aromatic carbocycles. The quantitative estimate of drug-likeness (QED) is 0.273. The number of fused-ring (bicyclic) bond motifs is 1. The van der Waals surface area contributed by atoms with Crippen molar-refractivity contribution in [2.75, 3.05) is 25.0 Å². The first-order valence-corrected chi connectivity index (χ1v) is 14.3. The van der Waals surface area contributed by atoms with Crippen LogP contribution in [-0.4, -0.2) is 47.7 Å². The van der Waals surface area contributed by atoms with Gasteiger partial charge in [-0.25, -0.2) is 9.82 Å². The van der Waals surface area contributed by atoms with Crippen molar-refractivity contribution >= 4 is 34.4 Å². The molecular weight excluding hydrogens is 515 g/mol. The van der Waals surface area contributed by atoms with Gasteiger partial charge in [-0.05, 0) is 98.5 Å². The fraction of sp³-hybridized carbons (Fsp3) is 0.367. The van der Waals surface area contributed by atoms with E-state index in [9.17, 15) is 19.1 Å². The molecule has 1 fully saturated rings. The number of aryl methyl sites for hydroxylation is 1. The van der Waals surface area contributed by atoms with Gasteiger partial charge in [-0.3, -0.25) is 14.5 Å². The van der Waals surface area contributed by atoms with Crippen molar-refractivity contribution in [3.05, 3.63) is 87.0 Å². The lowest BCUT2D eigenvalue weighted by Gasteiger charge is -2.31. The molecule has 3 aromatic rings. The number of rotatable bonds is 8. The fourth-order valence-corrected chi connectivity index (χ4v) is 6.52. The third-order valence-electron chi connectivity index (χ3n) is 7.44. The van der Waals surface area contributed by atoms with E-state index >= 15 is 0 Å². The third-order valence-corrected chi connectivity index (χ3v) is 8.64. The van der Waals surface area contributed by atoms with Crippen LogP contribution in [0.5, 0.6) is 0 Å². The molecule has 0 radical (unpaired) electrons. The smallest absolute Gasteiger partial charge is 0.274 e. The fourth-order valence-electron chi connectivity index (χ4n) is 5.24. The largest absolute Gasteiger partial charge is 0.396 e. The van der Waals surface area contributed by atoms with Crippen LogP contribution in [0.3, 0.4) is 0 Å². The van der Waals surface area contributed by atoms with Crippen molar-refractivity contribution in [2.24, 2.45) is 11.0 Å². The molecule has 0 bridgehead atoms. The summed E-state index contributed by atoms with van der Waals surface area (Å²) in [5.41, 5.74) is 6.31. The Balaban J connectivity index is 1.29. The second-order valence-electron chi connectivity index (χ2n) is 10.2. The highest BCUT2D eigenvalue weighted by Crippen LogP contribution is 2.38. The highest BCUT2D eigenvalue weighted by molar-refractivity contribution is 7.17. The maximum Gasteiger partial charge on any atom is 0.274 e. The molecule has 204 valence electrons. The summed E-state index contributed by atoms with van der Waals surface area (Å²) in [6.45, 7) is 2.87. The van der Waals surface area contributed by atoms with Gasteiger partial charge in [0, 0.05) is 23.6 Å². The number of likely N-dealkylation sites (tertiary alicyclic amines) is 1. The molecule has 0 spiro atoms. The van der Waals surface area contributed by atoms with E-state index in [2.05, 4.69) is 20.7 Å². The van der Waals surface area contributed by atoms with Crippen LogP contribution in [0, 0.1) is 11.7 Å². The maximum atomic E-state index is 13.3. The third kappa shape index (κ3) is 6.79. The van der Waals surface area contributed by atoms with Crippen molar-refractivity contribution in [3.63, 3.8) is 0 Å². The molecule has 1 aliphatic carbocycles. The van der Waals surface area contributed by atoms with Crippen LogP contribution in [0.15, 0.2) is 53.6 Å². The van der Waals surface area contributed by atoms with Gasteiger partial charge in [0.2, 0.25) is 0 Å². The van der Waals surface area contributed by atoms with E-state index in [1.54, 1.807) is 18.2 Å². The summed E-state index contributed by atoms with van der Waals surface area (Å²) in [5.74, 6) is -0.578. The Hall–Kier alpha value is -3.40. The number of aliphatic hydroxyl groups excluding tert-OH is 1. The summed E-state index contributed by atoms with van der Waals surface area (Å²) in [7, 11) is 0. The van der Waals surface area contributed by atoms with Crippen LogP contribution in [0.25, 0.3) is 0 Å². The van der Waals surface area contributed by atoms with Crippen LogP contribution in [0.2, 0.25) is 0 Å². The monoisotopic (exact) mass is 548 g/mol. The summed E-state index contributed by atoms with van der Waals surface area (Å²) in [6.07, 6.45) is 7.16. The van der Waals surface area contributed by atoms with E-state index in [-0.39, 0.29) is 24.2 Å². The summed E-state index contributed by atoms with van der Waals surface area (Å²) in [6, 6.07) is 13.4. The van der Waals surface area contributed by atoms with Crippen LogP contribution >= 0.6 is 11.3 Å². The molecule has 0 atom stereocenters. The summed E-state index contributed by atoms with van der Waals surface area (Å²) in [5, 5.41) is 17.0. The number of hydrogen-bond acceptors (Lipinski definition) is 6. The zero-order chi connectivity index (χ0) is 27.2. The van der Waals surface area contributed by atoms with Gasteiger partial charge in [-0.15, -0.1) is 11.3 Å². The maximum absolute atomic E-state index is 13.3. The normalized spacial score (nSPS) is 16.3. The first-order chi connectivity index (χ1) is 19.0. The second kappa shape index (κ2) is 12.6. The summed E-state index contributed by atoms with van der Waals surface area (Å²) in [4.78, 5) is 30.0. The number of anilines is 1. The number of piperidine rings is 1. The molecule has 1 aliphatic heterocycles. The number of carbonyl (C=O) groups is 2. The number of carbonyl (C=O) groups excluding carboxylic acids is 2. The van der Waals surface area contributed by atoms with Gasteiger partial charge in [0.1, 0.15) is 10.8 Å². The number of amides is 2. The Bertz CT molecular complexity index is 1350. The van der Waals surface area contributed by atoms with Crippen molar-refractivity contribution in [1.29, 1.82) is 0 Å². The Morgan fingerprint density at radius 1 is 1.08 bits per heavy atom. The highest BCUT2D eigenvalue weighted by Gasteiger charge is 2.27. The van der Waals surface area contributed by atoms with Crippen LogP contribution < -0.4 is 10.7 Å². The molecule has 2 aliphatic rings. The van der Waals surface area contributed by atoms with Crippen molar-refractivity contribution in [2.45, 2.75) is 45.1 Å². The zero-order valence-electron chi connectivity index (χ0n) is 21.8. The minimum atomic E-state index is -0.372. The SMILES string of the molecule is O=C(Nc1sc2c(c1C(=O)N/N=C/c1ccc(F)cc1)CCCC2)c1cccc(CN2CCC(CO)CC2)c1. The van der Waals surface area contributed by atoms with Gasteiger partial charge in [0.15, 0.2) is 0 Å². The number of halogens is 1. The minimum absolute atomic E-state index is 0.246. The Labute approximate surface area is 231 Å². The summed E-state index contributed by atoms with van der Waals surface area (Å²) < 4.78 is 13.2. The first kappa shape index (κ1) is 27.2. The number of nitrogens with one attached hydrogen (secondary N) is 2. The number of nitrogens with zero attached hydrogens (tertiary/aromatic N) is 2. The van der Waals surface area contributed by atoms with Gasteiger partial charge >= 0.3 is 0 Å². The van der Waals surface area contributed by atoms with Crippen molar-refractivity contribution in [3.8, 4) is 0 Å². The Morgan fingerprint density at radius 2 is 1.85 bits per heavy atom. The number of benzene rings is 2. The van der Waals surface area contributed by atoms with E-state index in [0.29, 0.717) is 27.6 Å². The summed E-state index contributed by atoms with van der Waals surface area (Å²) >= 11 is 1.46. The molecule has 2 amide bonds. The number of aliphatic hydroxyl groups is 1. The molecule has 0 saturated carbocycles. The van der Waals surface area contributed by atoms with E-state index in [1.807, 2.05) is 18.2 Å². The topological polar surface area (TPSA) is 94.0 Å². The van der Waals surface area contributed by atoms with Gasteiger partial charge in [-0.1, -0.05) is 24.3 Å². The van der Waals surface area contributed by atoms with Crippen LogP contribution in [-0.2, 0) is 19.4 Å². The van der Waals surface area contributed by atoms with Crippen LogP contribution in [0.1, 0.15) is 68.0 Å².